The summed E-state index contributed by atoms with van der Waals surface area (Å²) in [6.07, 6.45) is 0. The van der Waals surface area contributed by atoms with Crippen LogP contribution < -0.4 is 10.2 Å². The molecule has 1 atom stereocenters. The van der Waals surface area contributed by atoms with E-state index in [2.05, 4.69) is 5.32 Å². The number of hydrogen-bond acceptors (Lipinski definition) is 3. The highest BCUT2D eigenvalue weighted by Gasteiger charge is 2.37. The molecule has 0 spiro atoms. The van der Waals surface area contributed by atoms with Crippen LogP contribution in [0.2, 0.25) is 5.02 Å². The number of amides is 1. The van der Waals surface area contributed by atoms with Crippen molar-refractivity contribution in [1.29, 1.82) is 0 Å². The minimum absolute atomic E-state index is 0.244. The third-order valence-corrected chi connectivity index (χ3v) is 3.29. The third kappa shape index (κ3) is 2.13. The van der Waals surface area contributed by atoms with Crippen LogP contribution in [0.4, 0.5) is 5.69 Å². The highest BCUT2D eigenvalue weighted by Crippen LogP contribution is 2.35. The van der Waals surface area contributed by atoms with E-state index in [0.717, 1.165) is 6.54 Å². The van der Waals surface area contributed by atoms with Crippen molar-refractivity contribution in [2.45, 2.75) is 6.92 Å². The van der Waals surface area contributed by atoms with Gasteiger partial charge in [-0.2, -0.15) is 0 Å². The van der Waals surface area contributed by atoms with Crippen LogP contribution >= 0.6 is 11.6 Å². The molecule has 1 aliphatic rings. The van der Waals surface area contributed by atoms with E-state index in [-0.39, 0.29) is 5.92 Å². The number of hydrogen-bond donors (Lipinski definition) is 1. The van der Waals surface area contributed by atoms with E-state index in [1.807, 2.05) is 14.0 Å². The van der Waals surface area contributed by atoms with Gasteiger partial charge in [-0.1, -0.05) is 24.6 Å². The Bertz CT molecular complexity index is 502. The maximum absolute atomic E-state index is 12.0. The van der Waals surface area contributed by atoms with Gasteiger partial charge in [0, 0.05) is 6.54 Å². The monoisotopic (exact) mass is 266 g/mol. The van der Waals surface area contributed by atoms with Gasteiger partial charge in [0.25, 0.3) is 11.7 Å². The predicted octanol–water partition coefficient (Wildman–Crippen LogP) is 1.72. The van der Waals surface area contributed by atoms with Crippen molar-refractivity contribution in [1.82, 2.24) is 5.32 Å². The second-order valence-electron chi connectivity index (χ2n) is 4.54. The Kier molecular flexibility index (Phi) is 3.68. The normalized spacial score (nSPS) is 16.1. The van der Waals surface area contributed by atoms with Crippen molar-refractivity contribution in [2.75, 3.05) is 25.0 Å². The number of nitrogens with one attached hydrogen (secondary N) is 1. The lowest BCUT2D eigenvalue weighted by atomic mass is 10.1. The number of carbonyl (C=O) groups excluding carboxylic acids is 2. The molecule has 1 aliphatic heterocycles. The van der Waals surface area contributed by atoms with Gasteiger partial charge in [-0.05, 0) is 31.6 Å². The van der Waals surface area contributed by atoms with Crippen LogP contribution in [0.3, 0.4) is 0 Å². The second kappa shape index (κ2) is 5.08. The van der Waals surface area contributed by atoms with Gasteiger partial charge in [0.15, 0.2) is 0 Å². The largest absolute Gasteiger partial charge is 0.319 e. The van der Waals surface area contributed by atoms with Crippen LogP contribution in [0.5, 0.6) is 0 Å². The average molecular weight is 267 g/mol. The highest BCUT2D eigenvalue weighted by atomic mass is 35.5. The summed E-state index contributed by atoms with van der Waals surface area (Å²) in [5.74, 6) is -0.709. The van der Waals surface area contributed by atoms with Gasteiger partial charge in [-0.3, -0.25) is 9.59 Å². The Labute approximate surface area is 111 Å². The number of halogens is 1. The molecule has 0 aromatic heterocycles. The summed E-state index contributed by atoms with van der Waals surface area (Å²) in [6.45, 7) is 3.28. The number of anilines is 1. The molecule has 0 aliphatic carbocycles. The smallest absolute Gasteiger partial charge is 0.299 e. The van der Waals surface area contributed by atoms with Crippen LogP contribution in [0.1, 0.15) is 17.3 Å². The van der Waals surface area contributed by atoms with Gasteiger partial charge in [0.2, 0.25) is 0 Å². The van der Waals surface area contributed by atoms with Crippen LogP contribution in [-0.4, -0.2) is 31.8 Å². The van der Waals surface area contributed by atoms with E-state index >= 15 is 0 Å². The lowest BCUT2D eigenvalue weighted by molar-refractivity contribution is -0.114. The number of ketones is 1. The predicted molar refractivity (Wildman–Crippen MR) is 71.2 cm³/mol. The van der Waals surface area contributed by atoms with Crippen LogP contribution in [0.25, 0.3) is 0 Å². The number of Topliss-reactive ketones (excluding diaryl/α,β-unsaturated/α-hetero) is 1. The topological polar surface area (TPSA) is 49.4 Å². The molecule has 1 amide bonds. The molecule has 4 nitrogen and oxygen atoms in total. The van der Waals surface area contributed by atoms with Crippen LogP contribution in [0.15, 0.2) is 18.2 Å². The molecule has 0 radical (unpaired) electrons. The van der Waals surface area contributed by atoms with E-state index in [4.69, 9.17) is 11.6 Å². The first-order valence-electron chi connectivity index (χ1n) is 5.85. The minimum Gasteiger partial charge on any atom is -0.319 e. The number of rotatable bonds is 4. The molecule has 96 valence electrons. The molecule has 1 N–H and O–H groups in total. The Morgan fingerprint density at radius 1 is 1.39 bits per heavy atom. The van der Waals surface area contributed by atoms with Crippen molar-refractivity contribution in [2.24, 2.45) is 5.92 Å². The molecule has 1 aromatic carbocycles. The molecule has 2 rings (SSSR count). The molecule has 1 unspecified atom stereocenters. The summed E-state index contributed by atoms with van der Waals surface area (Å²) in [5.41, 5.74) is 0.960. The van der Waals surface area contributed by atoms with Crippen LogP contribution in [0, 0.1) is 5.92 Å². The summed E-state index contributed by atoms with van der Waals surface area (Å²) in [7, 11) is 1.86. The Morgan fingerprint density at radius 3 is 2.78 bits per heavy atom. The minimum atomic E-state index is -0.485. The van der Waals surface area contributed by atoms with E-state index in [1.54, 1.807) is 18.2 Å². The zero-order valence-electron chi connectivity index (χ0n) is 10.4. The lowest BCUT2D eigenvalue weighted by Gasteiger charge is -2.21. The maximum Gasteiger partial charge on any atom is 0.299 e. The fourth-order valence-corrected chi connectivity index (χ4v) is 2.49. The lowest BCUT2D eigenvalue weighted by Crippen LogP contribution is -2.36. The number of nitrogens with zero attached hydrogens (tertiary/aromatic N) is 1. The molecule has 5 heteroatoms. The Balaban J connectivity index is 2.33. The van der Waals surface area contributed by atoms with E-state index in [0.29, 0.717) is 22.8 Å². The molecule has 0 bridgehead atoms. The van der Waals surface area contributed by atoms with Gasteiger partial charge in [-0.15, -0.1) is 0 Å². The molecular weight excluding hydrogens is 252 g/mol. The zero-order chi connectivity index (χ0) is 13.3. The molecule has 18 heavy (non-hydrogen) atoms. The quantitative estimate of drug-likeness (QED) is 0.845. The van der Waals surface area contributed by atoms with Gasteiger partial charge in [0.1, 0.15) is 0 Å². The molecule has 1 aromatic rings. The molecule has 1 heterocycles. The number of para-hydroxylation sites is 1. The van der Waals surface area contributed by atoms with Gasteiger partial charge >= 0.3 is 0 Å². The Morgan fingerprint density at radius 2 is 2.11 bits per heavy atom. The van der Waals surface area contributed by atoms with E-state index in [1.165, 1.54) is 4.90 Å². The standard InChI is InChI=1S/C13H15ClN2O2/c1-8(6-15-2)7-16-11-9(12(17)13(16)18)4-3-5-10(11)14/h3-5,8,15H,6-7H2,1-2H3. The van der Waals surface area contributed by atoms with Crippen molar-refractivity contribution >= 4 is 29.0 Å². The number of fused-ring (bicyclic) bond motifs is 1. The SMILES string of the molecule is CNCC(C)CN1C(=O)C(=O)c2cccc(Cl)c21. The molecule has 0 fully saturated rings. The summed E-state index contributed by atoms with van der Waals surface area (Å²) in [4.78, 5) is 25.3. The fourth-order valence-electron chi connectivity index (χ4n) is 2.21. The van der Waals surface area contributed by atoms with Crippen molar-refractivity contribution in [3.63, 3.8) is 0 Å². The van der Waals surface area contributed by atoms with E-state index < -0.39 is 11.7 Å². The maximum atomic E-state index is 12.0. The second-order valence-corrected chi connectivity index (χ2v) is 4.95. The number of benzene rings is 1. The summed E-state index contributed by atoms with van der Waals surface area (Å²) in [5, 5.41) is 3.50. The molecular formula is C13H15ClN2O2. The van der Waals surface area contributed by atoms with E-state index in [9.17, 15) is 9.59 Å². The third-order valence-electron chi connectivity index (χ3n) is 2.99. The van der Waals surface area contributed by atoms with Gasteiger partial charge in [0.05, 0.1) is 16.3 Å². The first-order chi connectivity index (χ1) is 8.56. The summed E-state index contributed by atoms with van der Waals surface area (Å²) in [6, 6.07) is 5.03. The van der Waals surface area contributed by atoms with Crippen molar-refractivity contribution in [3.05, 3.63) is 28.8 Å². The van der Waals surface area contributed by atoms with Gasteiger partial charge < -0.3 is 10.2 Å². The molecule has 0 saturated carbocycles. The zero-order valence-corrected chi connectivity index (χ0v) is 11.1. The van der Waals surface area contributed by atoms with Gasteiger partial charge in [-0.25, -0.2) is 0 Å². The Hall–Kier alpha value is -1.39. The summed E-state index contributed by atoms with van der Waals surface area (Å²) < 4.78 is 0. The first kappa shape index (κ1) is 13.1. The van der Waals surface area contributed by atoms with Crippen LogP contribution in [-0.2, 0) is 4.79 Å². The molecule has 0 saturated heterocycles. The average Bonchev–Trinajstić information content (AvgIpc) is 2.56. The number of carbonyl (C=O) groups is 2. The van der Waals surface area contributed by atoms with Crippen molar-refractivity contribution < 1.29 is 9.59 Å². The van der Waals surface area contributed by atoms with Crippen molar-refractivity contribution in [3.8, 4) is 0 Å². The highest BCUT2D eigenvalue weighted by molar-refractivity contribution is 6.54. The summed E-state index contributed by atoms with van der Waals surface area (Å²) >= 11 is 6.09. The first-order valence-corrected chi connectivity index (χ1v) is 6.23. The fraction of sp³-hybridized carbons (Fsp3) is 0.385.